The third kappa shape index (κ3) is 2.75. The van der Waals surface area contributed by atoms with Crippen LogP contribution in [0, 0.1) is 12.3 Å². The van der Waals surface area contributed by atoms with Gasteiger partial charge in [0, 0.05) is 25.2 Å². The molecule has 4 rings (SSSR count). The first-order valence-corrected chi connectivity index (χ1v) is 8.99. The van der Waals surface area contributed by atoms with E-state index in [4.69, 9.17) is 4.74 Å². The SMILES string of the molecule is Cc1c([C@@H](O)CN2CC[C@]3(CCCNC3)C2)ccc2c1COC2=O. The molecule has 1 aromatic rings. The van der Waals surface area contributed by atoms with Crippen LogP contribution in [0.15, 0.2) is 12.1 Å². The van der Waals surface area contributed by atoms with Gasteiger partial charge in [0.15, 0.2) is 0 Å². The Morgan fingerprint density at radius 3 is 3.08 bits per heavy atom. The highest BCUT2D eigenvalue weighted by atomic mass is 16.5. The van der Waals surface area contributed by atoms with Gasteiger partial charge in [0.05, 0.1) is 11.7 Å². The molecule has 1 aromatic carbocycles. The fraction of sp³-hybridized carbons (Fsp3) is 0.632. The summed E-state index contributed by atoms with van der Waals surface area (Å²) in [5.74, 6) is -0.250. The Kier molecular flexibility index (Phi) is 4.11. The molecule has 1 spiro atoms. The van der Waals surface area contributed by atoms with E-state index in [1.807, 2.05) is 13.0 Å². The number of hydrogen-bond acceptors (Lipinski definition) is 5. The van der Waals surface area contributed by atoms with Gasteiger partial charge in [-0.15, -0.1) is 0 Å². The summed E-state index contributed by atoms with van der Waals surface area (Å²) in [6, 6.07) is 3.69. The number of benzene rings is 1. The standard InChI is InChI=1S/C19H26N2O3/c1-13-14(3-4-15-16(13)10-24-18(15)23)17(22)9-21-8-6-19(12-21)5-2-7-20-11-19/h3-4,17,20,22H,2,5-12H2,1H3/t17-,19-/m0/s1. The number of aliphatic hydroxyl groups is 1. The zero-order valence-corrected chi connectivity index (χ0v) is 14.3. The Labute approximate surface area is 143 Å². The van der Waals surface area contributed by atoms with Crippen molar-refractivity contribution < 1.29 is 14.6 Å². The van der Waals surface area contributed by atoms with Crippen molar-refractivity contribution in [3.05, 3.63) is 34.4 Å². The van der Waals surface area contributed by atoms with Crippen molar-refractivity contribution >= 4 is 5.97 Å². The van der Waals surface area contributed by atoms with E-state index in [0.29, 0.717) is 24.1 Å². The number of hydrogen-bond donors (Lipinski definition) is 2. The third-order valence-electron chi connectivity index (χ3n) is 6.08. The fourth-order valence-corrected chi connectivity index (χ4v) is 4.63. The van der Waals surface area contributed by atoms with Crippen molar-refractivity contribution in [1.29, 1.82) is 0 Å². The lowest BCUT2D eigenvalue weighted by Crippen LogP contribution is -2.42. The van der Waals surface area contributed by atoms with Gasteiger partial charge in [-0.25, -0.2) is 4.79 Å². The molecule has 2 saturated heterocycles. The molecular weight excluding hydrogens is 304 g/mol. The van der Waals surface area contributed by atoms with Crippen LogP contribution >= 0.6 is 0 Å². The fourth-order valence-electron chi connectivity index (χ4n) is 4.63. The number of β-amino-alcohol motifs (C(OH)–C–C–N with tert-alkyl or cyclic N) is 1. The van der Waals surface area contributed by atoms with Crippen LogP contribution in [0.25, 0.3) is 0 Å². The minimum Gasteiger partial charge on any atom is -0.457 e. The van der Waals surface area contributed by atoms with E-state index < -0.39 is 6.10 Å². The Morgan fingerprint density at radius 2 is 2.29 bits per heavy atom. The average molecular weight is 330 g/mol. The number of fused-ring (bicyclic) bond motifs is 1. The molecule has 3 heterocycles. The molecule has 0 bridgehead atoms. The quantitative estimate of drug-likeness (QED) is 0.827. The first kappa shape index (κ1) is 16.1. The van der Waals surface area contributed by atoms with Crippen molar-refractivity contribution in [2.24, 2.45) is 5.41 Å². The van der Waals surface area contributed by atoms with E-state index in [0.717, 1.165) is 42.9 Å². The van der Waals surface area contributed by atoms with Crippen LogP contribution in [0.2, 0.25) is 0 Å². The van der Waals surface area contributed by atoms with Crippen LogP contribution in [0.1, 0.15) is 52.4 Å². The predicted molar refractivity (Wildman–Crippen MR) is 90.9 cm³/mol. The lowest BCUT2D eigenvalue weighted by Gasteiger charge is -2.34. The van der Waals surface area contributed by atoms with E-state index >= 15 is 0 Å². The van der Waals surface area contributed by atoms with Crippen LogP contribution in [-0.2, 0) is 11.3 Å². The maximum atomic E-state index is 11.7. The number of piperidine rings is 1. The topological polar surface area (TPSA) is 61.8 Å². The van der Waals surface area contributed by atoms with Gasteiger partial charge in [-0.1, -0.05) is 6.07 Å². The molecule has 24 heavy (non-hydrogen) atoms. The highest BCUT2D eigenvalue weighted by Crippen LogP contribution is 2.37. The molecule has 5 nitrogen and oxygen atoms in total. The van der Waals surface area contributed by atoms with Gasteiger partial charge in [-0.05, 0) is 61.9 Å². The number of carbonyl (C=O) groups excluding carboxylic acids is 1. The summed E-state index contributed by atoms with van der Waals surface area (Å²) in [7, 11) is 0. The van der Waals surface area contributed by atoms with Crippen molar-refractivity contribution in [2.75, 3.05) is 32.7 Å². The highest BCUT2D eigenvalue weighted by Gasteiger charge is 2.39. The molecule has 5 heteroatoms. The van der Waals surface area contributed by atoms with Gasteiger partial charge in [0.2, 0.25) is 0 Å². The monoisotopic (exact) mass is 330 g/mol. The Bertz CT molecular complexity index is 652. The zero-order valence-electron chi connectivity index (χ0n) is 14.3. The van der Waals surface area contributed by atoms with Gasteiger partial charge in [0.1, 0.15) is 6.61 Å². The van der Waals surface area contributed by atoms with Gasteiger partial charge in [-0.2, -0.15) is 0 Å². The van der Waals surface area contributed by atoms with E-state index in [1.165, 1.54) is 19.3 Å². The normalized spacial score (nSPS) is 28.2. The Hall–Kier alpha value is -1.43. The molecule has 0 saturated carbocycles. The van der Waals surface area contributed by atoms with Crippen molar-refractivity contribution in [2.45, 2.75) is 38.9 Å². The van der Waals surface area contributed by atoms with E-state index in [9.17, 15) is 9.90 Å². The molecule has 2 N–H and O–H groups in total. The predicted octanol–water partition coefficient (Wildman–Crippen LogP) is 1.77. The molecule has 3 aliphatic heterocycles. The van der Waals surface area contributed by atoms with Crippen molar-refractivity contribution in [1.82, 2.24) is 10.2 Å². The van der Waals surface area contributed by atoms with Gasteiger partial charge >= 0.3 is 5.97 Å². The summed E-state index contributed by atoms with van der Waals surface area (Å²) in [6.07, 6.45) is 3.26. The lowest BCUT2D eigenvalue weighted by molar-refractivity contribution is 0.0535. The molecule has 2 fully saturated rings. The number of nitrogens with zero attached hydrogens (tertiary/aromatic N) is 1. The smallest absolute Gasteiger partial charge is 0.338 e. The van der Waals surface area contributed by atoms with Crippen LogP contribution in [-0.4, -0.2) is 48.7 Å². The second-order valence-corrected chi connectivity index (χ2v) is 7.66. The summed E-state index contributed by atoms with van der Waals surface area (Å²) < 4.78 is 5.11. The molecule has 0 radical (unpaired) electrons. The second kappa shape index (κ2) is 6.14. The number of carbonyl (C=O) groups is 1. The molecule has 0 aliphatic carbocycles. The first-order valence-electron chi connectivity index (χ1n) is 8.99. The van der Waals surface area contributed by atoms with Crippen LogP contribution in [0.3, 0.4) is 0 Å². The number of aliphatic hydroxyl groups excluding tert-OH is 1. The number of ether oxygens (including phenoxy) is 1. The van der Waals surface area contributed by atoms with Crippen LogP contribution in [0.4, 0.5) is 0 Å². The number of esters is 1. The van der Waals surface area contributed by atoms with E-state index in [-0.39, 0.29) is 5.97 Å². The molecule has 3 aliphatic rings. The molecule has 0 unspecified atom stereocenters. The molecule has 2 atom stereocenters. The van der Waals surface area contributed by atoms with Crippen molar-refractivity contribution in [3.63, 3.8) is 0 Å². The lowest BCUT2D eigenvalue weighted by atomic mass is 9.80. The summed E-state index contributed by atoms with van der Waals surface area (Å²) in [6.45, 7) is 7.36. The summed E-state index contributed by atoms with van der Waals surface area (Å²) in [5, 5.41) is 14.3. The molecule has 0 aromatic heterocycles. The maximum absolute atomic E-state index is 11.7. The molecule has 0 amide bonds. The molecular formula is C19H26N2O3. The minimum absolute atomic E-state index is 0.250. The summed E-state index contributed by atoms with van der Waals surface area (Å²) >= 11 is 0. The summed E-state index contributed by atoms with van der Waals surface area (Å²) in [5.41, 5.74) is 3.92. The van der Waals surface area contributed by atoms with Gasteiger partial charge in [0.25, 0.3) is 0 Å². The first-order chi connectivity index (χ1) is 11.6. The second-order valence-electron chi connectivity index (χ2n) is 7.66. The van der Waals surface area contributed by atoms with Crippen LogP contribution in [0.5, 0.6) is 0 Å². The summed E-state index contributed by atoms with van der Waals surface area (Å²) in [4.78, 5) is 14.0. The maximum Gasteiger partial charge on any atom is 0.338 e. The number of likely N-dealkylation sites (tertiary alicyclic amines) is 1. The number of nitrogens with one attached hydrogen (secondary N) is 1. The number of rotatable bonds is 3. The van der Waals surface area contributed by atoms with Gasteiger partial charge < -0.3 is 15.2 Å². The third-order valence-corrected chi connectivity index (χ3v) is 6.08. The van der Waals surface area contributed by atoms with E-state index in [2.05, 4.69) is 10.2 Å². The Balaban J connectivity index is 1.46. The van der Waals surface area contributed by atoms with Gasteiger partial charge in [-0.3, -0.25) is 4.90 Å². The largest absolute Gasteiger partial charge is 0.457 e. The van der Waals surface area contributed by atoms with Crippen LogP contribution < -0.4 is 5.32 Å². The minimum atomic E-state index is -0.516. The Morgan fingerprint density at radius 1 is 1.42 bits per heavy atom. The average Bonchev–Trinajstić information content (AvgIpc) is 3.13. The number of cyclic esters (lactones) is 1. The van der Waals surface area contributed by atoms with Crippen molar-refractivity contribution in [3.8, 4) is 0 Å². The molecule has 130 valence electrons. The highest BCUT2D eigenvalue weighted by molar-refractivity contribution is 5.93. The van der Waals surface area contributed by atoms with E-state index in [1.54, 1.807) is 6.07 Å². The zero-order chi connectivity index (χ0) is 16.7.